The van der Waals surface area contributed by atoms with Crippen molar-refractivity contribution in [3.05, 3.63) is 35.9 Å². The van der Waals surface area contributed by atoms with Crippen LogP contribution in [0.15, 0.2) is 30.3 Å². The molecule has 1 unspecified atom stereocenters. The summed E-state index contributed by atoms with van der Waals surface area (Å²) in [4.78, 5) is 16.9. The monoisotopic (exact) mass is 365 g/mol. The highest BCUT2D eigenvalue weighted by molar-refractivity contribution is 5.85. The molecule has 0 radical (unpaired) electrons. The number of nitrogens with zero attached hydrogens (tertiary/aromatic N) is 2. The van der Waals surface area contributed by atoms with Gasteiger partial charge in [0.2, 0.25) is 5.91 Å². The van der Waals surface area contributed by atoms with Gasteiger partial charge in [-0.2, -0.15) is 0 Å². The Morgan fingerprint density at radius 2 is 1.88 bits per heavy atom. The molecule has 1 aromatic carbocycles. The van der Waals surface area contributed by atoms with Crippen molar-refractivity contribution < 1.29 is 4.79 Å². The second-order valence-corrected chi connectivity index (χ2v) is 7.99. The van der Waals surface area contributed by atoms with Crippen LogP contribution in [0.3, 0.4) is 0 Å². The second-order valence-electron chi connectivity index (χ2n) is 7.99. The summed E-state index contributed by atoms with van der Waals surface area (Å²) in [6.07, 6.45) is 4.50. The Bertz CT molecular complexity index is 545. The van der Waals surface area contributed by atoms with Crippen molar-refractivity contribution in [2.24, 2.45) is 17.1 Å². The number of carbonyl (C=O) groups is 1. The molecule has 1 atom stereocenters. The van der Waals surface area contributed by atoms with Crippen LogP contribution in [0.2, 0.25) is 0 Å². The van der Waals surface area contributed by atoms with Gasteiger partial charge in [-0.15, -0.1) is 12.4 Å². The largest absolute Gasteiger partial charge is 0.342 e. The minimum Gasteiger partial charge on any atom is -0.342 e. The van der Waals surface area contributed by atoms with Gasteiger partial charge in [-0.3, -0.25) is 9.69 Å². The second kappa shape index (κ2) is 9.02. The van der Waals surface area contributed by atoms with E-state index in [0.717, 1.165) is 51.9 Å². The molecule has 140 valence electrons. The van der Waals surface area contributed by atoms with Crippen molar-refractivity contribution in [1.29, 1.82) is 0 Å². The zero-order valence-electron chi connectivity index (χ0n) is 15.3. The summed E-state index contributed by atoms with van der Waals surface area (Å²) in [6, 6.07) is 10.7. The Morgan fingerprint density at radius 3 is 2.48 bits per heavy atom. The molecule has 0 saturated carbocycles. The van der Waals surface area contributed by atoms with E-state index in [1.165, 1.54) is 5.56 Å². The maximum absolute atomic E-state index is 12.6. The predicted molar refractivity (Wildman–Crippen MR) is 105 cm³/mol. The first-order valence-corrected chi connectivity index (χ1v) is 9.32. The molecule has 2 aliphatic rings. The highest BCUT2D eigenvalue weighted by atomic mass is 35.5. The van der Waals surface area contributed by atoms with E-state index in [2.05, 4.69) is 47.1 Å². The van der Waals surface area contributed by atoms with Gasteiger partial charge in [0, 0.05) is 19.6 Å². The zero-order chi connectivity index (χ0) is 17.0. The maximum atomic E-state index is 12.6. The van der Waals surface area contributed by atoms with Crippen LogP contribution >= 0.6 is 12.4 Å². The molecule has 0 aliphatic carbocycles. The molecule has 25 heavy (non-hydrogen) atoms. The lowest BCUT2D eigenvalue weighted by molar-refractivity contribution is -0.133. The van der Waals surface area contributed by atoms with Gasteiger partial charge in [0.1, 0.15) is 0 Å². The molecule has 0 aromatic heterocycles. The minimum atomic E-state index is 0. The summed E-state index contributed by atoms with van der Waals surface area (Å²) in [5.41, 5.74) is 7.47. The van der Waals surface area contributed by atoms with Crippen molar-refractivity contribution >= 4 is 18.3 Å². The van der Waals surface area contributed by atoms with E-state index in [4.69, 9.17) is 5.73 Å². The molecule has 5 heteroatoms. The fourth-order valence-electron chi connectivity index (χ4n) is 4.05. The van der Waals surface area contributed by atoms with Crippen molar-refractivity contribution in [3.63, 3.8) is 0 Å². The lowest BCUT2D eigenvalue weighted by Gasteiger charge is -2.33. The maximum Gasteiger partial charge on any atom is 0.236 e. The number of nitrogens with two attached hydrogens (primary N) is 1. The van der Waals surface area contributed by atoms with Crippen LogP contribution in [0, 0.1) is 11.3 Å². The Balaban J connectivity index is 0.00000225. The van der Waals surface area contributed by atoms with Gasteiger partial charge in [-0.25, -0.2) is 0 Å². The van der Waals surface area contributed by atoms with Gasteiger partial charge >= 0.3 is 0 Å². The average molecular weight is 366 g/mol. The van der Waals surface area contributed by atoms with Crippen LogP contribution in [-0.2, 0) is 11.2 Å². The first-order chi connectivity index (χ1) is 11.6. The Labute approximate surface area is 158 Å². The molecule has 2 heterocycles. The van der Waals surface area contributed by atoms with Crippen molar-refractivity contribution in [1.82, 2.24) is 9.80 Å². The molecular formula is C20H32ClN3O. The minimum absolute atomic E-state index is 0. The van der Waals surface area contributed by atoms with Crippen LogP contribution < -0.4 is 5.73 Å². The quantitative estimate of drug-likeness (QED) is 0.872. The molecule has 2 fully saturated rings. The normalized spacial score (nSPS) is 25.0. The molecule has 0 bridgehead atoms. The molecule has 1 aromatic rings. The van der Waals surface area contributed by atoms with Gasteiger partial charge in [0.25, 0.3) is 0 Å². The number of carbonyl (C=O) groups excluding carboxylic acids is 1. The number of amides is 1. The number of rotatable bonds is 5. The van der Waals surface area contributed by atoms with E-state index < -0.39 is 0 Å². The molecule has 4 nitrogen and oxygen atoms in total. The zero-order valence-corrected chi connectivity index (χ0v) is 16.1. The Kier molecular flexibility index (Phi) is 7.29. The summed E-state index contributed by atoms with van der Waals surface area (Å²) in [5.74, 6) is 1.01. The first kappa shape index (κ1) is 20.2. The third kappa shape index (κ3) is 5.44. The van der Waals surface area contributed by atoms with Crippen LogP contribution in [0.4, 0.5) is 0 Å². The van der Waals surface area contributed by atoms with Crippen LogP contribution in [-0.4, -0.2) is 55.0 Å². The summed E-state index contributed by atoms with van der Waals surface area (Å²) >= 11 is 0. The average Bonchev–Trinajstić information content (AvgIpc) is 2.98. The summed E-state index contributed by atoms with van der Waals surface area (Å²) in [7, 11) is 0. The third-order valence-corrected chi connectivity index (χ3v) is 5.82. The van der Waals surface area contributed by atoms with E-state index in [9.17, 15) is 4.79 Å². The molecule has 2 aliphatic heterocycles. The highest BCUT2D eigenvalue weighted by Crippen LogP contribution is 2.28. The van der Waals surface area contributed by atoms with Gasteiger partial charge in [-0.1, -0.05) is 37.3 Å². The SMILES string of the molecule is CC1(CN)CCN(CC(=O)N2CCC(Cc3ccccc3)CC2)C1.Cl. The van der Waals surface area contributed by atoms with E-state index in [1.54, 1.807) is 0 Å². The van der Waals surface area contributed by atoms with Gasteiger partial charge in [0.05, 0.1) is 6.54 Å². The smallest absolute Gasteiger partial charge is 0.236 e. The van der Waals surface area contributed by atoms with Crippen LogP contribution in [0.25, 0.3) is 0 Å². The number of piperidine rings is 1. The van der Waals surface area contributed by atoms with Crippen LogP contribution in [0.1, 0.15) is 31.7 Å². The van der Waals surface area contributed by atoms with E-state index in [0.29, 0.717) is 24.9 Å². The van der Waals surface area contributed by atoms with E-state index in [-0.39, 0.29) is 17.8 Å². The topological polar surface area (TPSA) is 49.6 Å². The van der Waals surface area contributed by atoms with Crippen molar-refractivity contribution in [2.45, 2.75) is 32.6 Å². The third-order valence-electron chi connectivity index (χ3n) is 5.82. The fraction of sp³-hybridized carbons (Fsp3) is 0.650. The molecule has 2 saturated heterocycles. The number of halogens is 1. The van der Waals surface area contributed by atoms with Crippen LogP contribution in [0.5, 0.6) is 0 Å². The number of likely N-dealkylation sites (tertiary alicyclic amines) is 2. The molecule has 1 amide bonds. The Morgan fingerprint density at radius 1 is 1.20 bits per heavy atom. The molecule has 0 spiro atoms. The van der Waals surface area contributed by atoms with Gasteiger partial charge in [-0.05, 0) is 55.7 Å². The molecule has 2 N–H and O–H groups in total. The molecular weight excluding hydrogens is 334 g/mol. The predicted octanol–water partition coefficient (Wildman–Crippen LogP) is 2.56. The van der Waals surface area contributed by atoms with E-state index in [1.807, 2.05) is 0 Å². The van der Waals surface area contributed by atoms with Crippen molar-refractivity contribution in [2.75, 3.05) is 39.3 Å². The Hall–Kier alpha value is -1.10. The van der Waals surface area contributed by atoms with Gasteiger partial charge < -0.3 is 10.6 Å². The first-order valence-electron chi connectivity index (χ1n) is 9.32. The lowest BCUT2D eigenvalue weighted by Crippen LogP contribution is -2.44. The summed E-state index contributed by atoms with van der Waals surface area (Å²) in [5, 5.41) is 0. The number of benzene rings is 1. The summed E-state index contributed by atoms with van der Waals surface area (Å²) < 4.78 is 0. The lowest BCUT2D eigenvalue weighted by atomic mass is 9.90. The fourth-order valence-corrected chi connectivity index (χ4v) is 4.05. The van der Waals surface area contributed by atoms with Gasteiger partial charge in [0.15, 0.2) is 0 Å². The van der Waals surface area contributed by atoms with Crippen molar-refractivity contribution in [3.8, 4) is 0 Å². The number of hydrogen-bond donors (Lipinski definition) is 1. The summed E-state index contributed by atoms with van der Waals surface area (Å²) in [6.45, 7) is 7.30. The highest BCUT2D eigenvalue weighted by Gasteiger charge is 2.34. The molecule has 3 rings (SSSR count). The standard InChI is InChI=1S/C20H31N3O.ClH/c1-20(15-21)9-12-22(16-20)14-19(24)23-10-7-18(8-11-23)13-17-5-3-2-4-6-17;/h2-6,18H,7-16,21H2,1H3;1H. The van der Waals surface area contributed by atoms with E-state index >= 15 is 0 Å². The number of hydrogen-bond acceptors (Lipinski definition) is 3.